The van der Waals surface area contributed by atoms with Crippen molar-refractivity contribution in [1.29, 1.82) is 0 Å². The molecule has 0 radical (unpaired) electrons. The maximum Gasteiger partial charge on any atom is 0.303 e. The first-order valence-electron chi connectivity index (χ1n) is 8.56. The van der Waals surface area contributed by atoms with Crippen molar-refractivity contribution < 1.29 is 20.0 Å². The normalized spacial score (nSPS) is 13.2. The summed E-state index contributed by atoms with van der Waals surface area (Å²) in [7, 11) is 0. The van der Waals surface area contributed by atoms with E-state index in [2.05, 4.69) is 17.9 Å². The summed E-state index contributed by atoms with van der Waals surface area (Å²) in [6.45, 7) is 2.19. The molecule has 0 heterocycles. The molecule has 2 N–H and O–H groups in total. The topological polar surface area (TPSA) is 66.8 Å². The van der Waals surface area contributed by atoms with Gasteiger partial charge in [-0.15, -0.1) is 0 Å². The van der Waals surface area contributed by atoms with Crippen molar-refractivity contribution in [2.24, 2.45) is 0 Å². The van der Waals surface area contributed by atoms with E-state index in [9.17, 15) is 4.79 Å². The smallest absolute Gasteiger partial charge is 0.303 e. The zero-order chi connectivity index (χ0) is 16.5. The van der Waals surface area contributed by atoms with Crippen LogP contribution in [0.25, 0.3) is 0 Å². The van der Waals surface area contributed by atoms with E-state index in [1.54, 1.807) is 0 Å². The molecule has 0 fully saturated rings. The van der Waals surface area contributed by atoms with Gasteiger partial charge in [0.2, 0.25) is 0 Å². The average Bonchev–Trinajstić information content (AvgIpc) is 2.50. The maximum absolute atomic E-state index is 10.4. The average molecular weight is 312 g/mol. The van der Waals surface area contributed by atoms with E-state index in [4.69, 9.17) is 10.4 Å². The van der Waals surface area contributed by atoms with Gasteiger partial charge in [-0.1, -0.05) is 69.8 Å². The monoisotopic (exact) mass is 312 g/mol. The van der Waals surface area contributed by atoms with E-state index in [1.807, 2.05) is 18.2 Å². The van der Waals surface area contributed by atoms with Gasteiger partial charge in [0.05, 0.1) is 0 Å². The van der Waals surface area contributed by atoms with Crippen LogP contribution < -0.4 is 0 Å². The third-order valence-corrected chi connectivity index (χ3v) is 3.56. The van der Waals surface area contributed by atoms with E-state index >= 15 is 0 Å². The lowest BCUT2D eigenvalue weighted by Crippen LogP contribution is -2.06. The van der Waals surface area contributed by atoms with Crippen LogP contribution >= 0.6 is 0 Å². The molecule has 0 amide bonds. The van der Waals surface area contributed by atoms with E-state index in [0.29, 0.717) is 0 Å². The Balaban J connectivity index is 3.59. The molecule has 0 unspecified atom stereocenters. The predicted molar refractivity (Wildman–Crippen MR) is 89.9 cm³/mol. The second kappa shape index (κ2) is 16.2. The number of hydrogen-bond donors (Lipinski definition) is 2. The fourth-order valence-corrected chi connectivity index (χ4v) is 2.21. The Bertz CT molecular complexity index is 310. The fourth-order valence-electron chi connectivity index (χ4n) is 2.21. The maximum atomic E-state index is 10.4. The zero-order valence-electron chi connectivity index (χ0n) is 13.9. The van der Waals surface area contributed by atoms with Gasteiger partial charge < -0.3 is 5.11 Å². The van der Waals surface area contributed by atoms with Gasteiger partial charge in [-0.25, -0.2) is 4.89 Å². The molecule has 22 heavy (non-hydrogen) atoms. The minimum atomic E-state index is -0.721. The molecule has 128 valence electrons. The van der Waals surface area contributed by atoms with Crippen LogP contribution in [0.1, 0.15) is 77.6 Å². The van der Waals surface area contributed by atoms with Crippen LogP contribution in [0, 0.1) is 0 Å². The summed E-state index contributed by atoms with van der Waals surface area (Å²) in [6.07, 6.45) is 18.3. The number of carbonyl (C=O) groups is 1. The molecule has 0 saturated carbocycles. The Kier molecular flexibility index (Phi) is 15.4. The third-order valence-electron chi connectivity index (χ3n) is 3.56. The summed E-state index contributed by atoms with van der Waals surface area (Å²) >= 11 is 0. The van der Waals surface area contributed by atoms with Gasteiger partial charge in [0.25, 0.3) is 0 Å². The Morgan fingerprint density at radius 2 is 1.77 bits per heavy atom. The third kappa shape index (κ3) is 15.3. The van der Waals surface area contributed by atoms with Crippen LogP contribution in [-0.2, 0) is 9.68 Å². The predicted octanol–water partition coefficient (Wildman–Crippen LogP) is 5.35. The van der Waals surface area contributed by atoms with Crippen molar-refractivity contribution in [3.63, 3.8) is 0 Å². The summed E-state index contributed by atoms with van der Waals surface area (Å²) in [6, 6.07) is 0. The molecule has 0 aliphatic heterocycles. The summed E-state index contributed by atoms with van der Waals surface area (Å²) in [4.78, 5) is 14.8. The van der Waals surface area contributed by atoms with Crippen LogP contribution in [0.4, 0.5) is 0 Å². The quantitative estimate of drug-likeness (QED) is 0.185. The van der Waals surface area contributed by atoms with Crippen LogP contribution in [0.15, 0.2) is 24.3 Å². The van der Waals surface area contributed by atoms with Crippen LogP contribution in [-0.4, -0.2) is 22.4 Å². The van der Waals surface area contributed by atoms with Gasteiger partial charge >= 0.3 is 5.97 Å². The highest BCUT2D eigenvalue weighted by atomic mass is 17.1. The van der Waals surface area contributed by atoms with Crippen molar-refractivity contribution in [2.75, 3.05) is 0 Å². The summed E-state index contributed by atoms with van der Waals surface area (Å²) in [5.41, 5.74) is 0. The molecule has 0 aromatic heterocycles. The highest BCUT2D eigenvalue weighted by Gasteiger charge is 2.03. The molecule has 0 saturated heterocycles. The van der Waals surface area contributed by atoms with Crippen molar-refractivity contribution in [2.45, 2.75) is 83.7 Å². The second-order valence-corrected chi connectivity index (χ2v) is 5.65. The highest BCUT2D eigenvalue weighted by molar-refractivity contribution is 5.66. The van der Waals surface area contributed by atoms with E-state index < -0.39 is 5.97 Å². The Hall–Kier alpha value is -1.13. The lowest BCUT2D eigenvalue weighted by atomic mass is 10.1. The number of allylic oxidation sites excluding steroid dienone is 3. The van der Waals surface area contributed by atoms with Crippen molar-refractivity contribution in [1.82, 2.24) is 0 Å². The summed E-state index contributed by atoms with van der Waals surface area (Å²) in [5.74, 6) is -0.721. The molecule has 1 atom stereocenters. The summed E-state index contributed by atoms with van der Waals surface area (Å²) in [5, 5.41) is 17.4. The van der Waals surface area contributed by atoms with Gasteiger partial charge in [0.1, 0.15) is 6.10 Å². The molecule has 0 aliphatic rings. The van der Waals surface area contributed by atoms with Crippen LogP contribution in [0.5, 0.6) is 0 Å². The largest absolute Gasteiger partial charge is 0.481 e. The molecular weight excluding hydrogens is 280 g/mol. The number of carboxylic acid groups (broad SMARTS) is 1. The number of unbranched alkanes of at least 4 members (excludes halogenated alkanes) is 7. The zero-order valence-corrected chi connectivity index (χ0v) is 13.9. The second-order valence-electron chi connectivity index (χ2n) is 5.65. The Labute approximate surface area is 134 Å². The van der Waals surface area contributed by atoms with Gasteiger partial charge in [-0.3, -0.25) is 10.1 Å². The van der Waals surface area contributed by atoms with Gasteiger partial charge in [-0.2, -0.15) is 0 Å². The van der Waals surface area contributed by atoms with Gasteiger partial charge in [0, 0.05) is 6.42 Å². The molecule has 0 aromatic rings. The fraction of sp³-hybridized carbons (Fsp3) is 0.722. The van der Waals surface area contributed by atoms with Gasteiger partial charge in [0.15, 0.2) is 0 Å². The first-order chi connectivity index (χ1) is 10.7. The first kappa shape index (κ1) is 20.9. The standard InChI is InChI=1S/C18H32O4/c1-2-3-4-5-6-8-11-14-17(22-21)15-12-9-7-10-13-16-18(19)20/h6,8,11,14,17,21H,2-5,7,9-10,12-13,15-16H2,1H3,(H,19,20)/b8-6-,14-11+/t17-/m1/s1. The minimum Gasteiger partial charge on any atom is -0.481 e. The van der Waals surface area contributed by atoms with Crippen molar-refractivity contribution >= 4 is 5.97 Å². The molecular formula is C18H32O4. The highest BCUT2D eigenvalue weighted by Crippen LogP contribution is 2.11. The lowest BCUT2D eigenvalue weighted by Gasteiger charge is -2.08. The van der Waals surface area contributed by atoms with E-state index in [0.717, 1.165) is 44.9 Å². The van der Waals surface area contributed by atoms with E-state index in [1.165, 1.54) is 19.3 Å². The number of aliphatic carboxylic acids is 1. The van der Waals surface area contributed by atoms with E-state index in [-0.39, 0.29) is 12.5 Å². The molecule has 4 heteroatoms. The molecule has 0 aromatic carbocycles. The first-order valence-corrected chi connectivity index (χ1v) is 8.56. The SMILES string of the molecule is CCCCC/C=C\C=C\[C@H](CCCCCCCC(=O)O)OO. The minimum absolute atomic E-state index is 0.251. The Morgan fingerprint density at radius 1 is 1.05 bits per heavy atom. The van der Waals surface area contributed by atoms with Crippen LogP contribution in [0.3, 0.4) is 0 Å². The molecule has 4 nitrogen and oxygen atoms in total. The van der Waals surface area contributed by atoms with Gasteiger partial charge in [-0.05, 0) is 25.7 Å². The van der Waals surface area contributed by atoms with Crippen LogP contribution in [0.2, 0.25) is 0 Å². The molecule has 0 aliphatic carbocycles. The molecule has 0 bridgehead atoms. The number of rotatable bonds is 15. The van der Waals surface area contributed by atoms with Crippen molar-refractivity contribution in [3.8, 4) is 0 Å². The number of hydrogen-bond acceptors (Lipinski definition) is 3. The molecule has 0 spiro atoms. The number of carboxylic acids is 1. The molecule has 0 rings (SSSR count). The Morgan fingerprint density at radius 3 is 2.45 bits per heavy atom. The van der Waals surface area contributed by atoms with Crippen molar-refractivity contribution in [3.05, 3.63) is 24.3 Å². The lowest BCUT2D eigenvalue weighted by molar-refractivity contribution is -0.267. The summed E-state index contributed by atoms with van der Waals surface area (Å²) < 4.78 is 0.